The highest BCUT2D eigenvalue weighted by Crippen LogP contribution is 2.55. The first-order chi connectivity index (χ1) is 20.2. The number of hydrogen-bond donors (Lipinski definition) is 3. The third kappa shape index (κ3) is 6.62. The molecule has 2 atom stereocenters. The monoisotopic (exact) mass is 639 g/mol. The number of aromatic nitrogens is 1. The third-order valence-electron chi connectivity index (χ3n) is 7.84. The Hall–Kier alpha value is -3.31. The largest absolute Gasteiger partial charge is 0.475 e. The average Bonchev–Trinajstić information content (AvgIpc) is 3.52. The minimum atomic E-state index is -4.67. The topological polar surface area (TPSA) is 138 Å². The van der Waals surface area contributed by atoms with Crippen molar-refractivity contribution in [3.8, 4) is 5.75 Å². The quantitative estimate of drug-likeness (QED) is 0.199. The standard InChI is InChI=1S/C29H33ClF2N3O7P/c1-4-29(5-2,43(39,40)41)42-20-9-10-24-21(12-20)22(17(3)36)15-34(24)16-26(37)35-14-19(31)11-25(35)28(38)33-13-18-7-6-8-23(30)27(18)32/h6-10,12,15,19,25H,4-5,11,13-14,16H2,1-3H3,(H,33,38)(H2,39,40,41)/t19-,25+/m1/s1. The van der Waals surface area contributed by atoms with Crippen LogP contribution in [-0.2, 0) is 27.2 Å². The van der Waals surface area contributed by atoms with E-state index in [9.17, 15) is 37.5 Å². The Kier molecular flexibility index (Phi) is 9.66. The molecule has 2 heterocycles. The van der Waals surface area contributed by atoms with E-state index < -0.39 is 42.8 Å². The number of nitrogens with zero attached hydrogens (tertiary/aromatic N) is 2. The van der Waals surface area contributed by atoms with Gasteiger partial charge in [-0.15, -0.1) is 0 Å². The van der Waals surface area contributed by atoms with Crippen LogP contribution in [0.15, 0.2) is 42.6 Å². The number of fused-ring (bicyclic) bond motifs is 1. The zero-order valence-corrected chi connectivity index (χ0v) is 25.5. The molecule has 1 aromatic heterocycles. The number of benzene rings is 2. The molecule has 1 aliphatic heterocycles. The zero-order valence-electron chi connectivity index (χ0n) is 23.8. The molecule has 0 spiro atoms. The first-order valence-corrected chi connectivity index (χ1v) is 15.7. The fourth-order valence-corrected chi connectivity index (χ4v) is 6.61. The van der Waals surface area contributed by atoms with Gasteiger partial charge >= 0.3 is 7.60 Å². The third-order valence-corrected chi connectivity index (χ3v) is 9.92. The number of rotatable bonds is 11. The number of halogens is 3. The first-order valence-electron chi connectivity index (χ1n) is 13.7. The summed E-state index contributed by atoms with van der Waals surface area (Å²) in [6.07, 6.45) is -0.130. The molecule has 4 rings (SSSR count). The fourth-order valence-electron chi connectivity index (χ4n) is 5.37. The van der Waals surface area contributed by atoms with E-state index in [-0.39, 0.29) is 66.6 Å². The first kappa shape index (κ1) is 32.6. The van der Waals surface area contributed by atoms with Gasteiger partial charge in [-0.2, -0.15) is 0 Å². The lowest BCUT2D eigenvalue weighted by Gasteiger charge is -2.33. The van der Waals surface area contributed by atoms with Crippen LogP contribution in [0.1, 0.15) is 56.0 Å². The highest BCUT2D eigenvalue weighted by molar-refractivity contribution is 7.53. The van der Waals surface area contributed by atoms with Gasteiger partial charge in [-0.05, 0) is 44.0 Å². The molecule has 2 aromatic carbocycles. The molecule has 43 heavy (non-hydrogen) atoms. The molecule has 0 bridgehead atoms. The Bertz CT molecular complexity index is 1600. The number of alkyl halides is 1. The Balaban J connectivity index is 1.57. The lowest BCUT2D eigenvalue weighted by atomic mass is 10.1. The van der Waals surface area contributed by atoms with Gasteiger partial charge in [0.1, 0.15) is 30.3 Å². The van der Waals surface area contributed by atoms with E-state index in [1.54, 1.807) is 19.9 Å². The Morgan fingerprint density at radius 2 is 1.88 bits per heavy atom. The van der Waals surface area contributed by atoms with Crippen molar-refractivity contribution in [3.05, 3.63) is 64.6 Å². The van der Waals surface area contributed by atoms with Crippen molar-refractivity contribution in [2.45, 2.75) is 70.7 Å². The lowest BCUT2D eigenvalue weighted by molar-refractivity contribution is -0.139. The molecule has 1 fully saturated rings. The molecule has 14 heteroatoms. The van der Waals surface area contributed by atoms with Crippen LogP contribution in [-0.4, -0.2) is 61.0 Å². The predicted molar refractivity (Wildman–Crippen MR) is 156 cm³/mol. The van der Waals surface area contributed by atoms with Crippen LogP contribution < -0.4 is 10.1 Å². The minimum absolute atomic E-state index is 0.0368. The Morgan fingerprint density at radius 3 is 2.51 bits per heavy atom. The summed E-state index contributed by atoms with van der Waals surface area (Å²) < 4.78 is 48.3. The van der Waals surface area contributed by atoms with E-state index in [4.69, 9.17) is 16.3 Å². The normalized spacial score (nSPS) is 17.3. The Labute approximate surface area is 252 Å². The van der Waals surface area contributed by atoms with Crippen LogP contribution >= 0.6 is 19.2 Å². The summed E-state index contributed by atoms with van der Waals surface area (Å²) in [7, 11) is -4.67. The molecular weight excluding hydrogens is 607 g/mol. The number of carbonyl (C=O) groups is 3. The summed E-state index contributed by atoms with van der Waals surface area (Å²) in [6, 6.07) is 7.77. The molecule has 0 aliphatic carbocycles. The number of ether oxygens (including phenoxy) is 1. The fraction of sp³-hybridized carbons (Fsp3) is 0.414. The number of amides is 2. The van der Waals surface area contributed by atoms with E-state index in [2.05, 4.69) is 5.32 Å². The van der Waals surface area contributed by atoms with Gasteiger partial charge in [-0.25, -0.2) is 8.78 Å². The summed E-state index contributed by atoms with van der Waals surface area (Å²) in [5, 5.41) is 1.10. The van der Waals surface area contributed by atoms with Crippen molar-refractivity contribution in [1.29, 1.82) is 0 Å². The van der Waals surface area contributed by atoms with Crippen LogP contribution in [0.5, 0.6) is 5.75 Å². The van der Waals surface area contributed by atoms with E-state index in [1.807, 2.05) is 0 Å². The molecular formula is C29H33ClF2N3O7P. The van der Waals surface area contributed by atoms with Gasteiger partial charge in [0.15, 0.2) is 5.78 Å². The summed E-state index contributed by atoms with van der Waals surface area (Å²) in [4.78, 5) is 59.9. The van der Waals surface area contributed by atoms with Crippen LogP contribution in [0.25, 0.3) is 10.9 Å². The minimum Gasteiger partial charge on any atom is -0.475 e. The second-order valence-electron chi connectivity index (χ2n) is 10.5. The van der Waals surface area contributed by atoms with Crippen molar-refractivity contribution < 1.29 is 42.3 Å². The number of ketones is 1. The van der Waals surface area contributed by atoms with Gasteiger partial charge in [0.05, 0.1) is 11.6 Å². The average molecular weight is 640 g/mol. The van der Waals surface area contributed by atoms with Gasteiger partial charge in [-0.1, -0.05) is 37.6 Å². The highest BCUT2D eigenvalue weighted by atomic mass is 35.5. The van der Waals surface area contributed by atoms with Gasteiger partial charge in [0.2, 0.25) is 17.2 Å². The smallest absolute Gasteiger partial charge is 0.368 e. The number of Topliss-reactive ketones (excluding diaryl/α,β-unsaturated/α-hetero) is 1. The van der Waals surface area contributed by atoms with Gasteiger partial charge in [0.25, 0.3) is 0 Å². The van der Waals surface area contributed by atoms with Crippen LogP contribution in [0.2, 0.25) is 5.02 Å². The molecule has 3 N–H and O–H groups in total. The molecule has 232 valence electrons. The molecule has 0 saturated carbocycles. The molecule has 2 amide bonds. The highest BCUT2D eigenvalue weighted by Gasteiger charge is 2.46. The van der Waals surface area contributed by atoms with Gasteiger partial charge in [-0.3, -0.25) is 18.9 Å². The summed E-state index contributed by atoms with van der Waals surface area (Å²) in [5.41, 5.74) is 0.836. The summed E-state index contributed by atoms with van der Waals surface area (Å²) in [5.74, 6) is -2.08. The van der Waals surface area contributed by atoms with Gasteiger partial charge < -0.3 is 29.3 Å². The van der Waals surface area contributed by atoms with Crippen molar-refractivity contribution in [2.75, 3.05) is 6.54 Å². The van der Waals surface area contributed by atoms with Crippen LogP contribution in [0, 0.1) is 5.82 Å². The summed E-state index contributed by atoms with van der Waals surface area (Å²) >= 11 is 5.80. The zero-order chi connectivity index (χ0) is 31.7. The number of likely N-dealkylation sites (tertiary alicyclic amines) is 1. The van der Waals surface area contributed by atoms with Crippen molar-refractivity contribution in [2.24, 2.45) is 0 Å². The van der Waals surface area contributed by atoms with Crippen molar-refractivity contribution in [3.63, 3.8) is 0 Å². The molecule has 3 aromatic rings. The molecule has 0 unspecified atom stereocenters. The maximum Gasteiger partial charge on any atom is 0.368 e. The number of hydrogen-bond acceptors (Lipinski definition) is 5. The van der Waals surface area contributed by atoms with E-state index in [0.29, 0.717) is 10.9 Å². The molecule has 1 saturated heterocycles. The second-order valence-corrected chi connectivity index (χ2v) is 12.8. The molecule has 10 nitrogen and oxygen atoms in total. The van der Waals surface area contributed by atoms with Crippen molar-refractivity contribution >= 4 is 47.7 Å². The Morgan fingerprint density at radius 1 is 1.19 bits per heavy atom. The molecule has 1 aliphatic rings. The van der Waals surface area contributed by atoms with Crippen LogP contribution in [0.4, 0.5) is 8.78 Å². The van der Waals surface area contributed by atoms with Crippen LogP contribution in [0.3, 0.4) is 0 Å². The van der Waals surface area contributed by atoms with E-state index in [1.165, 1.54) is 48.0 Å². The second kappa shape index (κ2) is 12.7. The number of nitrogens with one attached hydrogen (secondary N) is 1. The van der Waals surface area contributed by atoms with Crippen molar-refractivity contribution in [1.82, 2.24) is 14.8 Å². The maximum atomic E-state index is 14.5. The lowest BCUT2D eigenvalue weighted by Crippen LogP contribution is -2.46. The maximum absolute atomic E-state index is 14.5. The van der Waals surface area contributed by atoms with Gasteiger partial charge in [0, 0.05) is 41.2 Å². The molecule has 0 radical (unpaired) electrons. The van der Waals surface area contributed by atoms with E-state index >= 15 is 0 Å². The SMILES string of the molecule is CCC(CC)(Oc1ccc2c(c1)c(C(C)=O)cn2CC(=O)N1C[C@H](F)C[C@H]1C(=O)NCc1cccc(Cl)c1F)P(=O)(O)O. The predicted octanol–water partition coefficient (Wildman–Crippen LogP) is 4.96. The number of carbonyl (C=O) groups excluding carboxylic acids is 3. The summed E-state index contributed by atoms with van der Waals surface area (Å²) in [6.45, 7) is 3.72. The van der Waals surface area contributed by atoms with E-state index in [0.717, 1.165) is 4.90 Å².